The minimum atomic E-state index is -0.215. The van der Waals surface area contributed by atoms with Crippen molar-refractivity contribution in [3.8, 4) is 0 Å². The summed E-state index contributed by atoms with van der Waals surface area (Å²) in [5.74, 6) is 0.436. The summed E-state index contributed by atoms with van der Waals surface area (Å²) in [6.07, 6.45) is 1.08. The van der Waals surface area contributed by atoms with Crippen molar-refractivity contribution in [2.45, 2.75) is 27.2 Å². The lowest BCUT2D eigenvalue weighted by Gasteiger charge is -2.04. The van der Waals surface area contributed by atoms with Crippen LogP contribution in [0.2, 0.25) is 0 Å². The summed E-state index contributed by atoms with van der Waals surface area (Å²) < 4.78 is 0. The van der Waals surface area contributed by atoms with E-state index in [9.17, 15) is 4.79 Å². The molecule has 0 saturated carbocycles. The van der Waals surface area contributed by atoms with E-state index in [1.54, 1.807) is 5.38 Å². The SMILES string of the molecule is Cc1csc(NC(=O)c2csc(NCCC(C)C)n2)n1. The average Bonchev–Trinajstić information content (AvgIpc) is 2.98. The molecule has 108 valence electrons. The normalized spacial score (nSPS) is 10.8. The fourth-order valence-electron chi connectivity index (χ4n) is 1.50. The van der Waals surface area contributed by atoms with Crippen molar-refractivity contribution in [2.24, 2.45) is 5.92 Å². The van der Waals surface area contributed by atoms with E-state index >= 15 is 0 Å². The first-order chi connectivity index (χ1) is 9.54. The highest BCUT2D eigenvalue weighted by molar-refractivity contribution is 7.14. The molecule has 2 aromatic heterocycles. The van der Waals surface area contributed by atoms with Gasteiger partial charge in [-0.3, -0.25) is 10.1 Å². The second kappa shape index (κ2) is 6.81. The molecule has 2 aromatic rings. The summed E-state index contributed by atoms with van der Waals surface area (Å²) >= 11 is 2.86. The van der Waals surface area contributed by atoms with Gasteiger partial charge in [0.15, 0.2) is 10.3 Å². The quantitative estimate of drug-likeness (QED) is 0.855. The number of hydrogen-bond acceptors (Lipinski definition) is 6. The minimum absolute atomic E-state index is 0.215. The molecule has 0 fully saturated rings. The van der Waals surface area contributed by atoms with Crippen molar-refractivity contribution in [2.75, 3.05) is 17.2 Å². The molecule has 1 amide bonds. The van der Waals surface area contributed by atoms with Crippen molar-refractivity contribution in [3.05, 3.63) is 22.1 Å². The van der Waals surface area contributed by atoms with E-state index in [1.165, 1.54) is 22.7 Å². The maximum Gasteiger partial charge on any atom is 0.276 e. The van der Waals surface area contributed by atoms with Gasteiger partial charge in [0, 0.05) is 17.3 Å². The van der Waals surface area contributed by atoms with Crippen LogP contribution in [0.1, 0.15) is 36.5 Å². The lowest BCUT2D eigenvalue weighted by molar-refractivity contribution is 0.102. The lowest BCUT2D eigenvalue weighted by atomic mass is 10.1. The predicted molar refractivity (Wildman–Crippen MR) is 84.9 cm³/mol. The number of anilines is 2. The van der Waals surface area contributed by atoms with Crippen LogP contribution >= 0.6 is 22.7 Å². The van der Waals surface area contributed by atoms with Crippen LogP contribution in [0.15, 0.2) is 10.8 Å². The molecule has 0 unspecified atom stereocenters. The zero-order valence-electron chi connectivity index (χ0n) is 11.8. The molecule has 0 saturated heterocycles. The Balaban J connectivity index is 1.89. The third kappa shape index (κ3) is 4.28. The summed E-state index contributed by atoms with van der Waals surface area (Å²) in [5, 5.41) is 11.0. The van der Waals surface area contributed by atoms with Gasteiger partial charge in [0.1, 0.15) is 5.69 Å². The Morgan fingerprint density at radius 2 is 2.00 bits per heavy atom. The zero-order chi connectivity index (χ0) is 14.5. The van der Waals surface area contributed by atoms with Crippen LogP contribution in [-0.2, 0) is 0 Å². The minimum Gasteiger partial charge on any atom is -0.361 e. The van der Waals surface area contributed by atoms with E-state index in [0.717, 1.165) is 23.8 Å². The molecule has 0 radical (unpaired) electrons. The third-order valence-corrected chi connectivity index (χ3v) is 4.25. The molecule has 7 heteroatoms. The number of hydrogen-bond donors (Lipinski definition) is 2. The number of carbonyl (C=O) groups is 1. The highest BCUT2D eigenvalue weighted by atomic mass is 32.1. The number of aromatic nitrogens is 2. The highest BCUT2D eigenvalue weighted by Gasteiger charge is 2.12. The van der Waals surface area contributed by atoms with Crippen molar-refractivity contribution < 1.29 is 4.79 Å². The van der Waals surface area contributed by atoms with E-state index in [4.69, 9.17) is 0 Å². The van der Waals surface area contributed by atoms with Gasteiger partial charge >= 0.3 is 0 Å². The van der Waals surface area contributed by atoms with Gasteiger partial charge in [0.2, 0.25) is 0 Å². The summed E-state index contributed by atoms with van der Waals surface area (Å²) in [6, 6.07) is 0. The molecule has 0 aliphatic rings. The van der Waals surface area contributed by atoms with Gasteiger partial charge in [-0.05, 0) is 19.3 Å². The van der Waals surface area contributed by atoms with Crippen molar-refractivity contribution in [1.82, 2.24) is 9.97 Å². The van der Waals surface area contributed by atoms with Gasteiger partial charge in [-0.2, -0.15) is 0 Å². The Morgan fingerprint density at radius 1 is 1.25 bits per heavy atom. The fourth-order valence-corrected chi connectivity index (χ4v) is 2.90. The zero-order valence-corrected chi connectivity index (χ0v) is 13.4. The van der Waals surface area contributed by atoms with Crippen LogP contribution < -0.4 is 10.6 Å². The molecular weight excluding hydrogens is 292 g/mol. The highest BCUT2D eigenvalue weighted by Crippen LogP contribution is 2.19. The number of nitrogens with one attached hydrogen (secondary N) is 2. The lowest BCUT2D eigenvalue weighted by Crippen LogP contribution is -2.12. The molecule has 2 N–H and O–H groups in total. The topological polar surface area (TPSA) is 66.9 Å². The van der Waals surface area contributed by atoms with Crippen LogP contribution in [0.5, 0.6) is 0 Å². The first-order valence-corrected chi connectivity index (χ1v) is 8.23. The number of thiazole rings is 2. The second-order valence-electron chi connectivity index (χ2n) is 4.90. The van der Waals surface area contributed by atoms with Crippen LogP contribution in [0.3, 0.4) is 0 Å². The first-order valence-electron chi connectivity index (χ1n) is 6.47. The van der Waals surface area contributed by atoms with Crippen molar-refractivity contribution in [1.29, 1.82) is 0 Å². The molecule has 2 heterocycles. The Labute approximate surface area is 126 Å². The number of rotatable bonds is 6. The molecule has 0 aromatic carbocycles. The maximum absolute atomic E-state index is 12.0. The molecule has 5 nitrogen and oxygen atoms in total. The van der Waals surface area contributed by atoms with Crippen LogP contribution in [0, 0.1) is 12.8 Å². The molecule has 0 aliphatic carbocycles. The number of aryl methyl sites for hydroxylation is 1. The van der Waals surface area contributed by atoms with E-state index in [-0.39, 0.29) is 5.91 Å². The number of amides is 1. The molecule has 0 bridgehead atoms. The molecule has 0 atom stereocenters. The Hall–Kier alpha value is -1.47. The van der Waals surface area contributed by atoms with Crippen molar-refractivity contribution >= 4 is 38.8 Å². The third-order valence-electron chi connectivity index (χ3n) is 2.57. The largest absolute Gasteiger partial charge is 0.361 e. The Morgan fingerprint density at radius 3 is 2.65 bits per heavy atom. The Bertz CT molecular complexity index is 576. The summed E-state index contributed by atoms with van der Waals surface area (Å²) in [5.41, 5.74) is 1.33. The van der Waals surface area contributed by atoms with E-state index in [1.807, 2.05) is 12.3 Å². The van der Waals surface area contributed by atoms with Crippen LogP contribution in [0.4, 0.5) is 10.3 Å². The van der Waals surface area contributed by atoms with E-state index < -0.39 is 0 Å². The van der Waals surface area contributed by atoms with Gasteiger partial charge in [-0.25, -0.2) is 9.97 Å². The molecular formula is C13H18N4OS2. The van der Waals surface area contributed by atoms with Crippen LogP contribution in [0.25, 0.3) is 0 Å². The summed E-state index contributed by atoms with van der Waals surface area (Å²) in [7, 11) is 0. The van der Waals surface area contributed by atoms with Gasteiger partial charge in [0.05, 0.1) is 5.69 Å². The van der Waals surface area contributed by atoms with Gasteiger partial charge in [0.25, 0.3) is 5.91 Å². The standard InChI is InChI=1S/C13H18N4OS2/c1-8(2)4-5-14-12-16-10(7-20-12)11(18)17-13-15-9(3)6-19-13/h6-8H,4-5H2,1-3H3,(H,14,16)(H,15,17,18). The monoisotopic (exact) mass is 310 g/mol. The number of nitrogens with zero attached hydrogens (tertiary/aromatic N) is 2. The van der Waals surface area contributed by atoms with Gasteiger partial charge in [-0.1, -0.05) is 13.8 Å². The van der Waals surface area contributed by atoms with Crippen molar-refractivity contribution in [3.63, 3.8) is 0 Å². The number of carbonyl (C=O) groups excluding carboxylic acids is 1. The van der Waals surface area contributed by atoms with E-state index in [0.29, 0.717) is 16.7 Å². The molecule has 20 heavy (non-hydrogen) atoms. The second-order valence-corrected chi connectivity index (χ2v) is 6.61. The van der Waals surface area contributed by atoms with E-state index in [2.05, 4.69) is 34.4 Å². The predicted octanol–water partition coefficient (Wildman–Crippen LogP) is 3.62. The maximum atomic E-state index is 12.0. The first kappa shape index (κ1) is 14.9. The summed E-state index contributed by atoms with van der Waals surface area (Å²) in [4.78, 5) is 20.5. The summed E-state index contributed by atoms with van der Waals surface area (Å²) in [6.45, 7) is 7.13. The fraction of sp³-hybridized carbons (Fsp3) is 0.462. The van der Waals surface area contributed by atoms with Crippen LogP contribution in [-0.4, -0.2) is 22.4 Å². The molecule has 0 spiro atoms. The molecule has 0 aliphatic heterocycles. The smallest absolute Gasteiger partial charge is 0.276 e. The Kier molecular flexibility index (Phi) is 5.08. The van der Waals surface area contributed by atoms with Gasteiger partial charge < -0.3 is 5.32 Å². The average molecular weight is 310 g/mol. The molecule has 2 rings (SSSR count). The van der Waals surface area contributed by atoms with Gasteiger partial charge in [-0.15, -0.1) is 22.7 Å².